The van der Waals surface area contributed by atoms with Crippen molar-refractivity contribution in [2.24, 2.45) is 0 Å². The quantitative estimate of drug-likeness (QED) is 0.390. The lowest BCUT2D eigenvalue weighted by molar-refractivity contribution is -0.147. The molecule has 0 heterocycles. The fourth-order valence-electron chi connectivity index (χ4n) is 1.30. The van der Waals surface area contributed by atoms with Crippen LogP contribution in [-0.4, -0.2) is 23.1 Å². The number of benzene rings is 1. The standard InChI is InChI=1S/C14H15ClO4/c1-3-9(2)19-14(18)12(13(16)17)8-10-5-4-6-11(15)7-10/h4-9H,3H2,1-2H3,(H,16,17). The van der Waals surface area contributed by atoms with E-state index in [2.05, 4.69) is 0 Å². The Hall–Kier alpha value is -1.81. The van der Waals surface area contributed by atoms with Crippen LogP contribution in [0.1, 0.15) is 25.8 Å². The molecule has 4 nitrogen and oxygen atoms in total. The Morgan fingerprint density at radius 2 is 2.16 bits per heavy atom. The molecule has 0 saturated carbocycles. The van der Waals surface area contributed by atoms with Gasteiger partial charge < -0.3 is 9.84 Å². The summed E-state index contributed by atoms with van der Waals surface area (Å²) in [7, 11) is 0. The highest BCUT2D eigenvalue weighted by molar-refractivity contribution is 6.30. The van der Waals surface area contributed by atoms with Gasteiger partial charge in [0.25, 0.3) is 0 Å². The van der Waals surface area contributed by atoms with Crippen LogP contribution < -0.4 is 0 Å². The number of carbonyl (C=O) groups is 2. The lowest BCUT2D eigenvalue weighted by atomic mass is 10.1. The lowest BCUT2D eigenvalue weighted by Crippen LogP contribution is -2.20. The maximum Gasteiger partial charge on any atom is 0.345 e. The number of hydrogen-bond donors (Lipinski definition) is 1. The molecular weight excluding hydrogens is 268 g/mol. The monoisotopic (exact) mass is 282 g/mol. The zero-order valence-corrected chi connectivity index (χ0v) is 11.5. The van der Waals surface area contributed by atoms with Crippen LogP contribution in [0, 0.1) is 0 Å². The maximum absolute atomic E-state index is 11.7. The third-order valence-electron chi connectivity index (χ3n) is 2.49. The average molecular weight is 283 g/mol. The molecule has 0 amide bonds. The molecule has 1 atom stereocenters. The minimum Gasteiger partial charge on any atom is -0.477 e. The third kappa shape index (κ3) is 4.75. The highest BCUT2D eigenvalue weighted by Crippen LogP contribution is 2.15. The van der Waals surface area contributed by atoms with E-state index in [1.165, 1.54) is 6.08 Å². The van der Waals surface area contributed by atoms with Gasteiger partial charge in [0.05, 0.1) is 6.10 Å². The Morgan fingerprint density at radius 3 is 2.68 bits per heavy atom. The van der Waals surface area contributed by atoms with E-state index in [0.717, 1.165) is 0 Å². The third-order valence-corrected chi connectivity index (χ3v) is 2.73. The van der Waals surface area contributed by atoms with Gasteiger partial charge in [-0.2, -0.15) is 0 Å². The number of hydrogen-bond acceptors (Lipinski definition) is 3. The van der Waals surface area contributed by atoms with Gasteiger partial charge in [-0.3, -0.25) is 0 Å². The van der Waals surface area contributed by atoms with Gasteiger partial charge in [-0.15, -0.1) is 0 Å². The molecule has 0 aromatic heterocycles. The Kier molecular flexibility index (Phi) is 5.57. The molecule has 0 aliphatic heterocycles. The van der Waals surface area contributed by atoms with Crippen molar-refractivity contribution in [2.45, 2.75) is 26.4 Å². The Bertz CT molecular complexity index is 508. The normalized spacial score (nSPS) is 12.9. The molecule has 102 valence electrons. The largest absolute Gasteiger partial charge is 0.477 e. The van der Waals surface area contributed by atoms with Gasteiger partial charge in [-0.1, -0.05) is 30.7 Å². The van der Waals surface area contributed by atoms with Gasteiger partial charge in [0, 0.05) is 5.02 Å². The first kappa shape index (κ1) is 15.2. The van der Waals surface area contributed by atoms with Crippen LogP contribution in [0.25, 0.3) is 6.08 Å². The van der Waals surface area contributed by atoms with Crippen molar-refractivity contribution in [1.82, 2.24) is 0 Å². The molecular formula is C14H15ClO4. The predicted molar refractivity (Wildman–Crippen MR) is 72.9 cm³/mol. The molecule has 1 rings (SSSR count). The minimum atomic E-state index is -1.33. The molecule has 1 aromatic carbocycles. The summed E-state index contributed by atoms with van der Waals surface area (Å²) in [6, 6.07) is 6.57. The summed E-state index contributed by atoms with van der Waals surface area (Å²) >= 11 is 5.80. The minimum absolute atomic E-state index is 0.324. The summed E-state index contributed by atoms with van der Waals surface area (Å²) in [5.74, 6) is -2.17. The fraction of sp³-hybridized carbons (Fsp3) is 0.286. The maximum atomic E-state index is 11.7. The molecule has 0 aliphatic carbocycles. The molecule has 0 spiro atoms. The second-order valence-electron chi connectivity index (χ2n) is 4.04. The summed E-state index contributed by atoms with van der Waals surface area (Å²) in [4.78, 5) is 22.8. The molecule has 0 saturated heterocycles. The van der Waals surface area contributed by atoms with Gasteiger partial charge in [0.1, 0.15) is 5.57 Å². The van der Waals surface area contributed by atoms with E-state index in [1.54, 1.807) is 31.2 Å². The van der Waals surface area contributed by atoms with Crippen molar-refractivity contribution in [3.8, 4) is 0 Å². The molecule has 0 aliphatic rings. The van der Waals surface area contributed by atoms with Gasteiger partial charge >= 0.3 is 11.9 Å². The van der Waals surface area contributed by atoms with Gasteiger partial charge in [0.15, 0.2) is 0 Å². The van der Waals surface area contributed by atoms with E-state index in [9.17, 15) is 9.59 Å². The van der Waals surface area contributed by atoms with Crippen LogP contribution in [0.2, 0.25) is 5.02 Å². The van der Waals surface area contributed by atoms with Crippen LogP contribution in [0.3, 0.4) is 0 Å². The number of esters is 1. The Labute approximate surface area is 116 Å². The van der Waals surface area contributed by atoms with Crippen molar-refractivity contribution in [3.63, 3.8) is 0 Å². The van der Waals surface area contributed by atoms with E-state index < -0.39 is 17.5 Å². The second kappa shape index (κ2) is 6.95. The number of ether oxygens (including phenoxy) is 1. The summed E-state index contributed by atoms with van der Waals surface area (Å²) in [6.07, 6.45) is 1.55. The number of carbonyl (C=O) groups excluding carboxylic acids is 1. The van der Waals surface area contributed by atoms with E-state index in [-0.39, 0.29) is 6.10 Å². The summed E-state index contributed by atoms with van der Waals surface area (Å²) in [5, 5.41) is 9.52. The zero-order chi connectivity index (χ0) is 14.4. The first-order valence-corrected chi connectivity index (χ1v) is 6.23. The average Bonchev–Trinajstić information content (AvgIpc) is 2.35. The first-order chi connectivity index (χ1) is 8.93. The first-order valence-electron chi connectivity index (χ1n) is 5.85. The highest BCUT2D eigenvalue weighted by atomic mass is 35.5. The number of carboxylic acids is 1. The molecule has 19 heavy (non-hydrogen) atoms. The van der Waals surface area contributed by atoms with Gasteiger partial charge in [-0.25, -0.2) is 9.59 Å². The van der Waals surface area contributed by atoms with Crippen molar-refractivity contribution in [3.05, 3.63) is 40.4 Å². The molecule has 0 fully saturated rings. The van der Waals surface area contributed by atoms with E-state index in [1.807, 2.05) is 6.92 Å². The fourth-order valence-corrected chi connectivity index (χ4v) is 1.50. The van der Waals surface area contributed by atoms with Crippen molar-refractivity contribution in [2.75, 3.05) is 0 Å². The SMILES string of the molecule is CCC(C)OC(=O)C(=Cc1cccc(Cl)c1)C(=O)O. The van der Waals surface area contributed by atoms with Crippen molar-refractivity contribution < 1.29 is 19.4 Å². The Morgan fingerprint density at radius 1 is 1.47 bits per heavy atom. The summed E-state index contributed by atoms with van der Waals surface area (Å²) in [6.45, 7) is 3.55. The molecule has 1 aromatic rings. The van der Waals surface area contributed by atoms with Crippen LogP contribution in [0.15, 0.2) is 29.8 Å². The van der Waals surface area contributed by atoms with Crippen LogP contribution in [-0.2, 0) is 14.3 Å². The van der Waals surface area contributed by atoms with Crippen LogP contribution in [0.5, 0.6) is 0 Å². The molecule has 5 heteroatoms. The van der Waals surface area contributed by atoms with E-state index in [4.69, 9.17) is 21.4 Å². The number of aliphatic carboxylic acids is 1. The summed E-state index contributed by atoms with van der Waals surface area (Å²) < 4.78 is 5.00. The Balaban J connectivity index is 3.01. The van der Waals surface area contributed by atoms with Gasteiger partial charge in [-0.05, 0) is 37.1 Å². The van der Waals surface area contributed by atoms with Crippen LogP contribution >= 0.6 is 11.6 Å². The van der Waals surface area contributed by atoms with E-state index >= 15 is 0 Å². The lowest BCUT2D eigenvalue weighted by Gasteiger charge is -2.11. The van der Waals surface area contributed by atoms with Crippen molar-refractivity contribution in [1.29, 1.82) is 0 Å². The second-order valence-corrected chi connectivity index (χ2v) is 4.48. The zero-order valence-electron chi connectivity index (χ0n) is 10.7. The van der Waals surface area contributed by atoms with E-state index in [0.29, 0.717) is 17.0 Å². The van der Waals surface area contributed by atoms with Crippen molar-refractivity contribution >= 4 is 29.6 Å². The van der Waals surface area contributed by atoms with Gasteiger partial charge in [0.2, 0.25) is 0 Å². The number of halogens is 1. The van der Waals surface area contributed by atoms with Crippen LogP contribution in [0.4, 0.5) is 0 Å². The molecule has 0 bridgehead atoms. The molecule has 0 radical (unpaired) electrons. The predicted octanol–water partition coefficient (Wildman–Crippen LogP) is 3.15. The topological polar surface area (TPSA) is 63.6 Å². The molecule has 1 N–H and O–H groups in total. The number of carboxylic acid groups (broad SMARTS) is 1. The summed E-state index contributed by atoms with van der Waals surface area (Å²) in [5.41, 5.74) is 0.119. The molecule has 1 unspecified atom stereocenters. The number of rotatable bonds is 5. The highest BCUT2D eigenvalue weighted by Gasteiger charge is 2.20. The smallest absolute Gasteiger partial charge is 0.345 e.